The number of phenols is 1. The van der Waals surface area contributed by atoms with Crippen molar-refractivity contribution >= 4 is 16.8 Å². The van der Waals surface area contributed by atoms with E-state index in [1.165, 1.54) is 12.1 Å². The minimum atomic E-state index is -0.561. The van der Waals surface area contributed by atoms with Gasteiger partial charge in [0.2, 0.25) is 0 Å². The molecule has 1 aromatic carbocycles. The topological polar surface area (TPSA) is 76.7 Å². The fourth-order valence-corrected chi connectivity index (χ4v) is 3.86. The van der Waals surface area contributed by atoms with Gasteiger partial charge in [0, 0.05) is 12.0 Å². The van der Waals surface area contributed by atoms with Crippen molar-refractivity contribution in [1.82, 2.24) is 0 Å². The van der Waals surface area contributed by atoms with Crippen LogP contribution in [0.2, 0.25) is 0 Å². The van der Waals surface area contributed by atoms with Crippen LogP contribution in [-0.2, 0) is 4.79 Å². The van der Waals surface area contributed by atoms with Gasteiger partial charge in [0.05, 0.1) is 10.9 Å². The molecule has 0 amide bonds. The van der Waals surface area contributed by atoms with Gasteiger partial charge >= 0.3 is 0 Å². The Morgan fingerprint density at radius 3 is 2.66 bits per heavy atom. The van der Waals surface area contributed by atoms with E-state index in [2.05, 4.69) is 0 Å². The van der Waals surface area contributed by atoms with Crippen LogP contribution in [0, 0.1) is 0 Å². The fraction of sp³-hybridized carbons (Fsp3) is 0.417. The zero-order chi connectivity index (χ0) is 21.3. The van der Waals surface area contributed by atoms with Gasteiger partial charge in [0.25, 0.3) is 5.95 Å². The number of carbonyl (C=O) groups excluding carboxylic acids is 1. The van der Waals surface area contributed by atoms with Gasteiger partial charge < -0.3 is 14.3 Å². The van der Waals surface area contributed by atoms with Crippen molar-refractivity contribution in [3.63, 3.8) is 0 Å². The van der Waals surface area contributed by atoms with E-state index < -0.39 is 5.60 Å². The second-order valence-corrected chi connectivity index (χ2v) is 8.42. The molecule has 3 rings (SSSR count). The molecule has 1 N–H and O–H groups in total. The van der Waals surface area contributed by atoms with Gasteiger partial charge in [-0.2, -0.15) is 0 Å². The Kier molecular flexibility index (Phi) is 5.69. The lowest BCUT2D eigenvalue weighted by atomic mass is 9.83. The van der Waals surface area contributed by atoms with Crippen LogP contribution in [0.4, 0.5) is 0 Å². The zero-order valence-corrected chi connectivity index (χ0v) is 17.7. The normalized spacial score (nSPS) is 21.0. The molecule has 2 heterocycles. The van der Waals surface area contributed by atoms with Gasteiger partial charge in [0.15, 0.2) is 11.2 Å². The van der Waals surface area contributed by atoms with Crippen molar-refractivity contribution in [2.45, 2.75) is 65.4 Å². The van der Waals surface area contributed by atoms with E-state index in [-0.39, 0.29) is 28.8 Å². The molecule has 29 heavy (non-hydrogen) atoms. The Bertz CT molecular complexity index is 1070. The summed E-state index contributed by atoms with van der Waals surface area (Å²) < 4.78 is 11.9. The minimum absolute atomic E-state index is 0.0105. The molecule has 0 unspecified atom stereocenters. The Labute approximate surface area is 170 Å². The molecule has 5 nitrogen and oxygen atoms in total. The number of benzene rings is 1. The molecule has 0 saturated heterocycles. The van der Waals surface area contributed by atoms with Crippen molar-refractivity contribution in [3.05, 3.63) is 57.3 Å². The highest BCUT2D eigenvalue weighted by molar-refractivity contribution is 6.00. The molecule has 154 valence electrons. The first-order valence-electron chi connectivity index (χ1n) is 9.95. The maximum Gasteiger partial charge on any atom is 0.293 e. The predicted octanol–water partition coefficient (Wildman–Crippen LogP) is 5.41. The average molecular weight is 396 g/mol. The predicted molar refractivity (Wildman–Crippen MR) is 114 cm³/mol. The van der Waals surface area contributed by atoms with Crippen molar-refractivity contribution in [2.75, 3.05) is 0 Å². The second-order valence-electron chi connectivity index (χ2n) is 8.42. The maximum absolute atomic E-state index is 12.9. The molecule has 0 saturated carbocycles. The summed E-state index contributed by atoms with van der Waals surface area (Å²) in [7, 11) is 0. The van der Waals surface area contributed by atoms with Crippen LogP contribution in [0.3, 0.4) is 0 Å². The third-order valence-electron chi connectivity index (χ3n) is 5.62. The molecule has 1 aliphatic rings. The second kappa shape index (κ2) is 7.90. The van der Waals surface area contributed by atoms with E-state index in [9.17, 15) is 14.7 Å². The standard InChI is InChI=1S/C24H28O5/c1-14(2)11-18(26)12-15(3)7-6-10-24(5)16(4)21-22(27)19-9-8-17(25)13-20(19)28-23(21)29-24/h8-9,11-13,16,25H,6-7,10H2,1-5H3/t16-,24+/m1/s1. The third-order valence-corrected chi connectivity index (χ3v) is 5.62. The highest BCUT2D eigenvalue weighted by Crippen LogP contribution is 2.46. The van der Waals surface area contributed by atoms with Crippen LogP contribution >= 0.6 is 0 Å². The number of aromatic hydroxyl groups is 1. The molecule has 0 radical (unpaired) electrons. The molecule has 0 spiro atoms. The molecule has 5 heteroatoms. The monoisotopic (exact) mass is 396 g/mol. The number of carbonyl (C=O) groups is 1. The first-order chi connectivity index (χ1) is 13.6. The number of ketones is 1. The molecule has 1 aromatic heterocycles. The molecule has 0 aliphatic carbocycles. The lowest BCUT2D eigenvalue weighted by Crippen LogP contribution is -2.33. The van der Waals surface area contributed by atoms with Gasteiger partial charge in [-0.1, -0.05) is 18.1 Å². The van der Waals surface area contributed by atoms with Gasteiger partial charge in [-0.15, -0.1) is 0 Å². The summed E-state index contributed by atoms with van der Waals surface area (Å²) in [5.41, 5.74) is 2.21. The highest BCUT2D eigenvalue weighted by atomic mass is 16.6. The van der Waals surface area contributed by atoms with Crippen LogP contribution in [-0.4, -0.2) is 16.5 Å². The Morgan fingerprint density at radius 2 is 1.97 bits per heavy atom. The molecule has 2 aromatic rings. The van der Waals surface area contributed by atoms with Crippen LogP contribution < -0.4 is 10.2 Å². The molecule has 0 fully saturated rings. The van der Waals surface area contributed by atoms with E-state index in [1.807, 2.05) is 34.6 Å². The van der Waals surface area contributed by atoms with E-state index in [4.69, 9.17) is 9.15 Å². The van der Waals surface area contributed by atoms with Crippen molar-refractivity contribution in [3.8, 4) is 11.7 Å². The summed E-state index contributed by atoms with van der Waals surface area (Å²) in [6.07, 6.45) is 5.63. The van der Waals surface area contributed by atoms with E-state index in [0.29, 0.717) is 16.5 Å². The van der Waals surface area contributed by atoms with Crippen LogP contribution in [0.1, 0.15) is 65.4 Å². The summed E-state index contributed by atoms with van der Waals surface area (Å²) in [5.74, 6) is 0.174. The van der Waals surface area contributed by atoms with Gasteiger partial charge in [-0.25, -0.2) is 0 Å². The number of rotatable bonds is 6. The molecule has 2 atom stereocenters. The molecule has 0 bridgehead atoms. The summed E-state index contributed by atoms with van der Waals surface area (Å²) in [5, 5.41) is 10.1. The van der Waals surface area contributed by atoms with E-state index >= 15 is 0 Å². The first kappa shape index (κ1) is 20.9. The Balaban J connectivity index is 1.76. The number of hydrogen-bond donors (Lipinski definition) is 1. The number of fused-ring (bicyclic) bond motifs is 2. The summed E-state index contributed by atoms with van der Waals surface area (Å²) in [4.78, 5) is 24.8. The lowest BCUT2D eigenvalue weighted by Gasteiger charge is -2.28. The summed E-state index contributed by atoms with van der Waals surface area (Å²) >= 11 is 0. The van der Waals surface area contributed by atoms with Crippen LogP contribution in [0.25, 0.3) is 11.0 Å². The van der Waals surface area contributed by atoms with Crippen molar-refractivity contribution in [2.24, 2.45) is 0 Å². The van der Waals surface area contributed by atoms with Crippen LogP contribution in [0.5, 0.6) is 11.7 Å². The van der Waals surface area contributed by atoms with Crippen molar-refractivity contribution in [1.29, 1.82) is 0 Å². The number of hydrogen-bond acceptors (Lipinski definition) is 5. The maximum atomic E-state index is 12.9. The number of allylic oxidation sites excluding steroid dienone is 4. The Morgan fingerprint density at radius 1 is 1.24 bits per heavy atom. The average Bonchev–Trinajstić information content (AvgIpc) is 2.84. The van der Waals surface area contributed by atoms with Gasteiger partial charge in [-0.05, 0) is 71.2 Å². The quantitative estimate of drug-likeness (QED) is 0.661. The number of phenolic OH excluding ortho intramolecular Hbond substituents is 1. The van der Waals surface area contributed by atoms with Crippen LogP contribution in [0.15, 0.2) is 50.7 Å². The summed E-state index contributed by atoms with van der Waals surface area (Å²) in [6, 6.07) is 4.49. The molecular weight excluding hydrogens is 368 g/mol. The Hall–Kier alpha value is -2.82. The fourth-order valence-electron chi connectivity index (χ4n) is 3.86. The van der Waals surface area contributed by atoms with E-state index in [0.717, 1.165) is 30.4 Å². The third kappa shape index (κ3) is 4.29. The number of ether oxygens (including phenoxy) is 1. The first-order valence-corrected chi connectivity index (χ1v) is 9.95. The zero-order valence-electron chi connectivity index (χ0n) is 17.7. The SMILES string of the molecule is CC(C)=CC(=O)C=C(C)CCC[C@]1(C)Oc2oc3cc(O)ccc3c(=O)c2[C@H]1C. The smallest absolute Gasteiger partial charge is 0.293 e. The molecule has 1 aliphatic heterocycles. The molecular formula is C24H28O5. The largest absolute Gasteiger partial charge is 0.508 e. The minimum Gasteiger partial charge on any atom is -0.508 e. The van der Waals surface area contributed by atoms with Gasteiger partial charge in [0.1, 0.15) is 16.9 Å². The van der Waals surface area contributed by atoms with E-state index in [1.54, 1.807) is 18.2 Å². The van der Waals surface area contributed by atoms with Crippen molar-refractivity contribution < 1.29 is 19.1 Å². The summed E-state index contributed by atoms with van der Waals surface area (Å²) in [6.45, 7) is 9.73. The highest BCUT2D eigenvalue weighted by Gasteiger charge is 2.45. The lowest BCUT2D eigenvalue weighted by molar-refractivity contribution is -0.110. The van der Waals surface area contributed by atoms with Gasteiger partial charge in [-0.3, -0.25) is 9.59 Å².